The van der Waals surface area contributed by atoms with Gasteiger partial charge in [-0.25, -0.2) is 0 Å². The summed E-state index contributed by atoms with van der Waals surface area (Å²) in [4.78, 5) is 6.73. The lowest BCUT2D eigenvalue weighted by Crippen LogP contribution is -2.39. The number of rotatable bonds is 4. The zero-order valence-corrected chi connectivity index (χ0v) is 16.6. The summed E-state index contributed by atoms with van der Waals surface area (Å²) in [6.45, 7) is 4.64. The number of aromatic nitrogens is 1. The minimum absolute atomic E-state index is 0. The van der Waals surface area contributed by atoms with Crippen molar-refractivity contribution in [2.75, 3.05) is 20.1 Å². The summed E-state index contributed by atoms with van der Waals surface area (Å²) >= 11 is 0. The van der Waals surface area contributed by atoms with Gasteiger partial charge in [0.15, 0.2) is 11.7 Å². The van der Waals surface area contributed by atoms with E-state index in [1.165, 1.54) is 12.0 Å². The van der Waals surface area contributed by atoms with Gasteiger partial charge in [0, 0.05) is 26.2 Å². The van der Waals surface area contributed by atoms with Gasteiger partial charge in [-0.05, 0) is 31.2 Å². The Kier molecular flexibility index (Phi) is 7.08. The summed E-state index contributed by atoms with van der Waals surface area (Å²) in [5.74, 6) is 2.46. The highest BCUT2D eigenvalue weighted by Crippen LogP contribution is 2.21. The molecule has 0 bridgehead atoms. The van der Waals surface area contributed by atoms with Gasteiger partial charge in [-0.3, -0.25) is 4.99 Å². The van der Waals surface area contributed by atoms with Crippen molar-refractivity contribution in [3.63, 3.8) is 0 Å². The molecule has 1 aromatic carbocycles. The molecule has 130 valence electrons. The van der Waals surface area contributed by atoms with Crippen molar-refractivity contribution in [1.29, 1.82) is 0 Å². The number of halogens is 1. The molecule has 1 aliphatic heterocycles. The Labute approximate surface area is 160 Å². The van der Waals surface area contributed by atoms with Crippen LogP contribution in [-0.4, -0.2) is 36.2 Å². The largest absolute Gasteiger partial charge is 0.359 e. The molecule has 0 saturated carbocycles. The fourth-order valence-electron chi connectivity index (χ4n) is 3.14. The van der Waals surface area contributed by atoms with Crippen LogP contribution in [0.4, 0.5) is 0 Å². The fraction of sp³-hybridized carbons (Fsp3) is 0.444. The Bertz CT molecular complexity index is 656. The van der Waals surface area contributed by atoms with Gasteiger partial charge in [0.25, 0.3) is 0 Å². The summed E-state index contributed by atoms with van der Waals surface area (Å²) in [5.41, 5.74) is 2.32. The van der Waals surface area contributed by atoms with Crippen molar-refractivity contribution < 1.29 is 4.52 Å². The second-order valence-corrected chi connectivity index (χ2v) is 6.13. The van der Waals surface area contributed by atoms with Crippen molar-refractivity contribution in [3.8, 4) is 0 Å². The summed E-state index contributed by atoms with van der Waals surface area (Å²) < 4.78 is 5.24. The molecular formula is C18H25IN4O. The first-order valence-electron chi connectivity index (χ1n) is 8.16. The number of aliphatic imine (C=N–C) groups is 1. The van der Waals surface area contributed by atoms with Crippen molar-refractivity contribution in [2.24, 2.45) is 10.9 Å². The lowest BCUT2D eigenvalue weighted by molar-refractivity contribution is 0.372. The van der Waals surface area contributed by atoms with Crippen LogP contribution in [0.25, 0.3) is 0 Å². The van der Waals surface area contributed by atoms with Gasteiger partial charge in [-0.2, -0.15) is 0 Å². The van der Waals surface area contributed by atoms with Crippen LogP contribution in [0.5, 0.6) is 0 Å². The third-order valence-corrected chi connectivity index (χ3v) is 4.26. The molecule has 0 aliphatic carbocycles. The van der Waals surface area contributed by atoms with Crippen LogP contribution in [0.2, 0.25) is 0 Å². The first-order chi connectivity index (χ1) is 11.2. The van der Waals surface area contributed by atoms with Gasteiger partial charge >= 0.3 is 0 Å². The molecule has 0 radical (unpaired) electrons. The minimum atomic E-state index is 0. The normalized spacial score (nSPS) is 17.7. The fourth-order valence-corrected chi connectivity index (χ4v) is 3.14. The highest BCUT2D eigenvalue weighted by Gasteiger charge is 2.25. The smallest absolute Gasteiger partial charge is 0.194 e. The number of likely N-dealkylation sites (tertiary alicyclic amines) is 1. The van der Waals surface area contributed by atoms with E-state index in [9.17, 15) is 0 Å². The number of aryl methyl sites for hydroxylation is 1. The zero-order valence-electron chi connectivity index (χ0n) is 14.2. The van der Waals surface area contributed by atoms with E-state index in [0.29, 0.717) is 12.5 Å². The molecule has 2 heterocycles. The predicted octanol–water partition coefficient (Wildman–Crippen LogP) is 3.24. The monoisotopic (exact) mass is 440 g/mol. The average Bonchev–Trinajstić information content (AvgIpc) is 3.19. The lowest BCUT2D eigenvalue weighted by Gasteiger charge is -2.21. The first kappa shape index (κ1) is 18.8. The second-order valence-electron chi connectivity index (χ2n) is 6.13. The number of nitrogens with zero attached hydrogens (tertiary/aromatic N) is 3. The molecule has 0 spiro atoms. The zero-order chi connectivity index (χ0) is 16.1. The molecule has 6 heteroatoms. The molecule has 3 rings (SSSR count). The molecule has 24 heavy (non-hydrogen) atoms. The molecule has 1 saturated heterocycles. The average molecular weight is 440 g/mol. The first-order valence-corrected chi connectivity index (χ1v) is 8.16. The molecule has 1 aliphatic rings. The number of hydrogen-bond acceptors (Lipinski definition) is 3. The van der Waals surface area contributed by atoms with E-state index in [4.69, 9.17) is 4.52 Å². The quantitative estimate of drug-likeness (QED) is 0.451. The minimum Gasteiger partial charge on any atom is -0.359 e. The van der Waals surface area contributed by atoms with E-state index in [0.717, 1.165) is 36.9 Å². The molecule has 1 fully saturated rings. The van der Waals surface area contributed by atoms with Crippen LogP contribution in [-0.2, 0) is 13.0 Å². The van der Waals surface area contributed by atoms with Crippen LogP contribution in [0.3, 0.4) is 0 Å². The molecular weight excluding hydrogens is 415 g/mol. The van der Waals surface area contributed by atoms with Crippen molar-refractivity contribution >= 4 is 29.9 Å². The van der Waals surface area contributed by atoms with E-state index in [2.05, 4.69) is 50.7 Å². The SMILES string of the molecule is CN=C(NCc1cc(C)no1)N1CCC(Cc2ccccc2)C1.I. The second kappa shape index (κ2) is 9.05. The van der Waals surface area contributed by atoms with Crippen LogP contribution < -0.4 is 5.32 Å². The van der Waals surface area contributed by atoms with Crippen LogP contribution in [0.1, 0.15) is 23.4 Å². The molecule has 5 nitrogen and oxygen atoms in total. The van der Waals surface area contributed by atoms with Crippen molar-refractivity contribution in [3.05, 3.63) is 53.4 Å². The predicted molar refractivity (Wildman–Crippen MR) is 107 cm³/mol. The standard InChI is InChI=1S/C18H24N4O.HI/c1-14-10-17(23-21-14)12-20-18(19-2)22-9-8-16(13-22)11-15-6-4-3-5-7-15;/h3-7,10,16H,8-9,11-13H2,1-2H3,(H,19,20);1H. The number of nitrogens with one attached hydrogen (secondary N) is 1. The Morgan fingerprint density at radius 1 is 1.38 bits per heavy atom. The van der Waals surface area contributed by atoms with Crippen LogP contribution in [0, 0.1) is 12.8 Å². The third kappa shape index (κ3) is 4.96. The topological polar surface area (TPSA) is 53.7 Å². The Balaban J connectivity index is 0.00000208. The maximum Gasteiger partial charge on any atom is 0.194 e. The van der Waals surface area contributed by atoms with Crippen LogP contribution in [0.15, 0.2) is 45.9 Å². The van der Waals surface area contributed by atoms with E-state index in [-0.39, 0.29) is 24.0 Å². The van der Waals surface area contributed by atoms with Gasteiger partial charge in [0.2, 0.25) is 0 Å². The number of hydrogen-bond donors (Lipinski definition) is 1. The van der Waals surface area contributed by atoms with E-state index in [1.807, 2.05) is 20.0 Å². The molecule has 0 amide bonds. The number of benzene rings is 1. The van der Waals surface area contributed by atoms with Crippen molar-refractivity contribution in [1.82, 2.24) is 15.4 Å². The van der Waals surface area contributed by atoms with E-state index in [1.54, 1.807) is 0 Å². The summed E-state index contributed by atoms with van der Waals surface area (Å²) in [7, 11) is 1.83. The van der Waals surface area contributed by atoms with Gasteiger partial charge < -0.3 is 14.7 Å². The Hall–Kier alpha value is -1.57. The summed E-state index contributed by atoms with van der Waals surface area (Å²) in [6.07, 6.45) is 2.34. The van der Waals surface area contributed by atoms with Gasteiger partial charge in [0.05, 0.1) is 12.2 Å². The van der Waals surface area contributed by atoms with Crippen molar-refractivity contribution in [2.45, 2.75) is 26.3 Å². The van der Waals surface area contributed by atoms with Gasteiger partial charge in [-0.15, -0.1) is 24.0 Å². The maximum absolute atomic E-state index is 5.24. The molecule has 1 atom stereocenters. The third-order valence-electron chi connectivity index (χ3n) is 4.26. The van der Waals surface area contributed by atoms with Crippen LogP contribution >= 0.6 is 24.0 Å². The highest BCUT2D eigenvalue weighted by atomic mass is 127. The Morgan fingerprint density at radius 3 is 2.83 bits per heavy atom. The van der Waals surface area contributed by atoms with Gasteiger partial charge in [0.1, 0.15) is 0 Å². The highest BCUT2D eigenvalue weighted by molar-refractivity contribution is 14.0. The maximum atomic E-state index is 5.24. The molecule has 1 N–H and O–H groups in total. The summed E-state index contributed by atoms with van der Waals surface area (Å²) in [5, 5.41) is 7.28. The number of guanidine groups is 1. The Morgan fingerprint density at radius 2 is 2.17 bits per heavy atom. The lowest BCUT2D eigenvalue weighted by atomic mass is 9.99. The summed E-state index contributed by atoms with van der Waals surface area (Å²) in [6, 6.07) is 12.7. The molecule has 1 unspecified atom stereocenters. The van der Waals surface area contributed by atoms with Gasteiger partial charge in [-0.1, -0.05) is 35.5 Å². The molecule has 2 aromatic rings. The van der Waals surface area contributed by atoms with E-state index >= 15 is 0 Å². The molecule has 1 aromatic heterocycles. The van der Waals surface area contributed by atoms with E-state index < -0.39 is 0 Å².